The van der Waals surface area contributed by atoms with E-state index in [-0.39, 0.29) is 31.2 Å². The zero-order chi connectivity index (χ0) is 24.5. The molecule has 2 aliphatic rings. The lowest BCUT2D eigenvalue weighted by atomic mass is 9.99. The molecule has 3 aromatic heterocycles. The number of likely N-dealkylation sites (tertiary alicyclic amines) is 1. The molecule has 5 heterocycles. The Bertz CT molecular complexity index is 1260. The molecule has 0 atom stereocenters. The van der Waals surface area contributed by atoms with Crippen molar-refractivity contribution in [1.82, 2.24) is 24.8 Å². The summed E-state index contributed by atoms with van der Waals surface area (Å²) in [6.07, 6.45) is 4.85. The van der Waals surface area contributed by atoms with Gasteiger partial charge in [-0.25, -0.2) is 9.78 Å². The summed E-state index contributed by atoms with van der Waals surface area (Å²) >= 11 is 0. The van der Waals surface area contributed by atoms with Crippen molar-refractivity contribution in [2.45, 2.75) is 32.0 Å². The Morgan fingerprint density at radius 2 is 1.94 bits per heavy atom. The van der Waals surface area contributed by atoms with Crippen molar-refractivity contribution in [1.29, 1.82) is 0 Å². The number of methoxy groups -OCH3 is 1. The second-order valence-electron chi connectivity index (χ2n) is 8.95. The van der Waals surface area contributed by atoms with Crippen LogP contribution in [-0.4, -0.2) is 81.7 Å². The van der Waals surface area contributed by atoms with Crippen molar-refractivity contribution < 1.29 is 19.4 Å². The number of piperidine rings is 1. The molecule has 2 aliphatic heterocycles. The van der Waals surface area contributed by atoms with E-state index in [4.69, 9.17) is 9.72 Å². The van der Waals surface area contributed by atoms with Gasteiger partial charge in [0.2, 0.25) is 5.91 Å². The lowest BCUT2D eigenvalue weighted by Gasteiger charge is -2.43. The number of pyridine rings is 3. The standard InChI is InChI=1S/C25H28N6O4/c1-29-13-17-12-27-21-6-5-20(16-3-4-18(14-32)26-11-16)28-23(21)24(17)31(25(29)34)19-7-9-30(10-8-19)22(33)15-35-2/h3-6,11-12,19,32H,7-10,13-15H2,1-2H3. The summed E-state index contributed by atoms with van der Waals surface area (Å²) in [5.41, 5.74) is 5.24. The van der Waals surface area contributed by atoms with Gasteiger partial charge >= 0.3 is 6.03 Å². The van der Waals surface area contributed by atoms with Gasteiger partial charge in [-0.1, -0.05) is 0 Å². The Labute approximate surface area is 203 Å². The molecule has 10 heteroatoms. The topological polar surface area (TPSA) is 112 Å². The fraction of sp³-hybridized carbons (Fsp3) is 0.400. The zero-order valence-electron chi connectivity index (χ0n) is 19.8. The fourth-order valence-electron chi connectivity index (χ4n) is 4.84. The molecule has 1 N–H and O–H groups in total. The molecule has 1 fully saturated rings. The van der Waals surface area contributed by atoms with Crippen LogP contribution >= 0.6 is 0 Å². The minimum absolute atomic E-state index is 0.0322. The van der Waals surface area contributed by atoms with Crippen LogP contribution < -0.4 is 4.90 Å². The summed E-state index contributed by atoms with van der Waals surface area (Å²) < 4.78 is 4.99. The van der Waals surface area contributed by atoms with Gasteiger partial charge in [0.15, 0.2) is 0 Å². The largest absolute Gasteiger partial charge is 0.390 e. The first-order valence-corrected chi connectivity index (χ1v) is 11.7. The average molecular weight is 477 g/mol. The maximum absolute atomic E-state index is 13.4. The molecule has 10 nitrogen and oxygen atoms in total. The molecular formula is C25H28N6O4. The third-order valence-electron chi connectivity index (χ3n) is 6.68. The second kappa shape index (κ2) is 9.55. The van der Waals surface area contributed by atoms with Crippen LogP contribution in [0.2, 0.25) is 0 Å². The first kappa shape index (κ1) is 23.1. The molecule has 0 unspecified atom stereocenters. The van der Waals surface area contributed by atoms with Crippen molar-refractivity contribution >= 4 is 28.7 Å². The molecule has 0 aliphatic carbocycles. The van der Waals surface area contributed by atoms with Crippen molar-refractivity contribution in [3.05, 3.63) is 47.9 Å². The normalized spacial score (nSPS) is 16.7. The van der Waals surface area contributed by atoms with E-state index in [0.717, 1.165) is 22.5 Å². The lowest BCUT2D eigenvalue weighted by molar-refractivity contribution is -0.136. The molecule has 0 spiro atoms. The molecule has 5 rings (SSSR count). The van der Waals surface area contributed by atoms with E-state index >= 15 is 0 Å². The molecule has 35 heavy (non-hydrogen) atoms. The summed E-state index contributed by atoms with van der Waals surface area (Å²) in [7, 11) is 3.30. The summed E-state index contributed by atoms with van der Waals surface area (Å²) in [5.74, 6) is -0.0322. The number of nitrogens with zero attached hydrogens (tertiary/aromatic N) is 6. The average Bonchev–Trinajstić information content (AvgIpc) is 2.89. The van der Waals surface area contributed by atoms with Gasteiger partial charge in [0.1, 0.15) is 12.1 Å². The molecular weight excluding hydrogens is 448 g/mol. The van der Waals surface area contributed by atoms with Crippen LogP contribution in [0.5, 0.6) is 0 Å². The first-order chi connectivity index (χ1) is 17.0. The Morgan fingerprint density at radius 1 is 1.14 bits per heavy atom. The number of carbonyl (C=O) groups excluding carboxylic acids is 2. The van der Waals surface area contributed by atoms with E-state index in [0.29, 0.717) is 49.2 Å². The molecule has 3 amide bonds. The minimum Gasteiger partial charge on any atom is -0.390 e. The number of amides is 3. The summed E-state index contributed by atoms with van der Waals surface area (Å²) in [4.78, 5) is 44.8. The van der Waals surface area contributed by atoms with E-state index < -0.39 is 0 Å². The van der Waals surface area contributed by atoms with E-state index in [9.17, 15) is 14.7 Å². The van der Waals surface area contributed by atoms with Crippen molar-refractivity contribution in [3.63, 3.8) is 0 Å². The number of carbonyl (C=O) groups is 2. The molecule has 3 aromatic rings. The van der Waals surface area contributed by atoms with Crippen LogP contribution in [0.4, 0.5) is 10.5 Å². The van der Waals surface area contributed by atoms with Crippen LogP contribution in [0.1, 0.15) is 24.1 Å². The molecule has 0 bridgehead atoms. The minimum atomic E-state index is -0.122. The monoisotopic (exact) mass is 476 g/mol. The van der Waals surface area contributed by atoms with Gasteiger partial charge in [0.25, 0.3) is 0 Å². The van der Waals surface area contributed by atoms with E-state index in [1.54, 1.807) is 29.1 Å². The van der Waals surface area contributed by atoms with Crippen LogP contribution in [0.25, 0.3) is 22.3 Å². The van der Waals surface area contributed by atoms with Gasteiger partial charge in [-0.2, -0.15) is 0 Å². The fourth-order valence-corrected chi connectivity index (χ4v) is 4.84. The SMILES string of the molecule is COCC(=O)N1CCC(N2C(=O)N(C)Cc3cnc4ccc(-c5ccc(CO)nc5)nc4c32)CC1. The molecule has 1 saturated heterocycles. The van der Waals surface area contributed by atoms with Gasteiger partial charge in [0, 0.05) is 56.8 Å². The van der Waals surface area contributed by atoms with Crippen molar-refractivity contribution in [2.75, 3.05) is 38.8 Å². The Hall–Kier alpha value is -3.63. The summed E-state index contributed by atoms with van der Waals surface area (Å²) in [6, 6.07) is 7.30. The number of rotatable bonds is 5. The van der Waals surface area contributed by atoms with Gasteiger partial charge in [0.05, 0.1) is 35.7 Å². The smallest absolute Gasteiger partial charge is 0.324 e. The van der Waals surface area contributed by atoms with E-state index in [1.165, 1.54) is 7.11 Å². The molecule has 182 valence electrons. The van der Waals surface area contributed by atoms with Crippen LogP contribution in [-0.2, 0) is 22.7 Å². The third-order valence-corrected chi connectivity index (χ3v) is 6.68. The van der Waals surface area contributed by atoms with Crippen molar-refractivity contribution in [2.24, 2.45) is 0 Å². The number of fused-ring (bicyclic) bond motifs is 3. The summed E-state index contributed by atoms with van der Waals surface area (Å²) in [5, 5.41) is 9.29. The lowest BCUT2D eigenvalue weighted by Crippen LogP contribution is -2.54. The summed E-state index contributed by atoms with van der Waals surface area (Å²) in [6.45, 7) is 1.54. The molecule has 0 radical (unpaired) electrons. The Kier molecular flexibility index (Phi) is 6.31. The predicted molar refractivity (Wildman–Crippen MR) is 130 cm³/mol. The van der Waals surface area contributed by atoms with Gasteiger partial charge in [-0.3, -0.25) is 19.7 Å². The molecule has 0 aromatic carbocycles. The first-order valence-electron chi connectivity index (χ1n) is 11.7. The van der Waals surface area contributed by atoms with Crippen molar-refractivity contribution in [3.8, 4) is 11.3 Å². The van der Waals surface area contributed by atoms with Gasteiger partial charge in [-0.15, -0.1) is 0 Å². The number of anilines is 1. The quantitative estimate of drug-likeness (QED) is 0.601. The highest BCUT2D eigenvalue weighted by atomic mass is 16.5. The second-order valence-corrected chi connectivity index (χ2v) is 8.95. The number of urea groups is 1. The van der Waals surface area contributed by atoms with Crippen LogP contribution in [0.15, 0.2) is 36.7 Å². The number of aliphatic hydroxyl groups excluding tert-OH is 1. The van der Waals surface area contributed by atoms with E-state index in [1.807, 2.05) is 29.3 Å². The highest BCUT2D eigenvalue weighted by Crippen LogP contribution is 2.37. The predicted octanol–water partition coefficient (Wildman–Crippen LogP) is 2.19. The molecule has 0 saturated carbocycles. The van der Waals surface area contributed by atoms with Gasteiger partial charge < -0.3 is 19.6 Å². The Morgan fingerprint density at radius 3 is 2.63 bits per heavy atom. The Balaban J connectivity index is 1.53. The number of hydrogen-bond donors (Lipinski definition) is 1. The number of aliphatic hydroxyl groups is 1. The number of aromatic nitrogens is 3. The van der Waals surface area contributed by atoms with E-state index in [2.05, 4.69) is 9.97 Å². The number of ether oxygens (including phenoxy) is 1. The van der Waals surface area contributed by atoms with Gasteiger partial charge in [-0.05, 0) is 37.1 Å². The van der Waals surface area contributed by atoms with Crippen LogP contribution in [0, 0.1) is 0 Å². The van der Waals surface area contributed by atoms with Crippen LogP contribution in [0.3, 0.4) is 0 Å². The maximum atomic E-state index is 13.4. The maximum Gasteiger partial charge on any atom is 0.324 e. The zero-order valence-corrected chi connectivity index (χ0v) is 19.8. The highest BCUT2D eigenvalue weighted by Gasteiger charge is 2.37. The third kappa shape index (κ3) is 4.30. The highest BCUT2D eigenvalue weighted by molar-refractivity contribution is 6.04. The number of hydrogen-bond acceptors (Lipinski definition) is 7.